The molecule has 3 rings (SSSR count). The van der Waals surface area contributed by atoms with Crippen LogP contribution in [0.15, 0.2) is 23.2 Å². The first-order valence-electron chi connectivity index (χ1n) is 11.7. The van der Waals surface area contributed by atoms with E-state index >= 15 is 0 Å². The molecule has 1 aromatic rings. The molecule has 0 amide bonds. The SMILES string of the molecule is CN=C(NCc1ccc(C)cc1OCC1CCOC1)NCC(C)CN1CCN(C)CC1. The summed E-state index contributed by atoms with van der Waals surface area (Å²) in [7, 11) is 4.03. The minimum atomic E-state index is 0.498. The lowest BCUT2D eigenvalue weighted by Gasteiger charge is -2.34. The zero-order valence-corrected chi connectivity index (χ0v) is 19.8. The van der Waals surface area contributed by atoms with Crippen molar-refractivity contribution in [3.05, 3.63) is 29.3 Å². The average molecular weight is 432 g/mol. The van der Waals surface area contributed by atoms with E-state index in [9.17, 15) is 0 Å². The van der Waals surface area contributed by atoms with Gasteiger partial charge in [-0.1, -0.05) is 19.1 Å². The number of ether oxygens (including phenoxy) is 2. The molecule has 2 aliphatic rings. The number of aryl methyl sites for hydroxylation is 1. The van der Waals surface area contributed by atoms with Gasteiger partial charge in [0, 0.05) is 70.9 Å². The zero-order valence-electron chi connectivity index (χ0n) is 19.8. The quantitative estimate of drug-likeness (QED) is 0.460. The summed E-state index contributed by atoms with van der Waals surface area (Å²) in [6.07, 6.45) is 1.09. The smallest absolute Gasteiger partial charge is 0.191 e. The first-order chi connectivity index (χ1) is 15.0. The summed E-state index contributed by atoms with van der Waals surface area (Å²) in [6, 6.07) is 6.41. The number of nitrogens with zero attached hydrogens (tertiary/aromatic N) is 3. The predicted molar refractivity (Wildman–Crippen MR) is 127 cm³/mol. The molecular formula is C24H41N5O2. The summed E-state index contributed by atoms with van der Waals surface area (Å²) >= 11 is 0. The standard InChI is InChI=1S/C24H41N5O2/c1-19-5-6-22(23(13-19)31-18-21-7-12-30-17-21)15-27-24(25-3)26-14-20(2)16-29-10-8-28(4)9-11-29/h5-6,13,20-21H,7-12,14-18H2,1-4H3,(H2,25,26,27). The number of likely N-dealkylation sites (N-methyl/N-ethyl adjacent to an activating group) is 1. The van der Waals surface area contributed by atoms with Gasteiger partial charge in [-0.15, -0.1) is 0 Å². The van der Waals surface area contributed by atoms with Crippen LogP contribution in [0.25, 0.3) is 0 Å². The fraction of sp³-hybridized carbons (Fsp3) is 0.708. The molecule has 2 fully saturated rings. The Morgan fingerprint density at radius 1 is 1.26 bits per heavy atom. The summed E-state index contributed by atoms with van der Waals surface area (Å²) in [5.41, 5.74) is 2.36. The summed E-state index contributed by atoms with van der Waals surface area (Å²) < 4.78 is 11.6. The maximum Gasteiger partial charge on any atom is 0.191 e. The van der Waals surface area contributed by atoms with Crippen LogP contribution in [0, 0.1) is 18.8 Å². The van der Waals surface area contributed by atoms with Gasteiger partial charge in [0.05, 0.1) is 13.2 Å². The Balaban J connectivity index is 1.44. The van der Waals surface area contributed by atoms with Gasteiger partial charge in [-0.3, -0.25) is 4.99 Å². The maximum atomic E-state index is 6.17. The Morgan fingerprint density at radius 3 is 2.77 bits per heavy atom. The number of benzene rings is 1. The molecule has 0 aliphatic carbocycles. The van der Waals surface area contributed by atoms with Crippen LogP contribution in [0.3, 0.4) is 0 Å². The molecule has 2 unspecified atom stereocenters. The second kappa shape index (κ2) is 12.3. The Bertz CT molecular complexity index is 697. The van der Waals surface area contributed by atoms with Crippen molar-refractivity contribution in [3.63, 3.8) is 0 Å². The van der Waals surface area contributed by atoms with E-state index < -0.39 is 0 Å². The zero-order chi connectivity index (χ0) is 22.1. The molecule has 174 valence electrons. The topological polar surface area (TPSA) is 61.4 Å². The van der Waals surface area contributed by atoms with E-state index in [-0.39, 0.29) is 0 Å². The normalized spacial score (nSPS) is 21.8. The van der Waals surface area contributed by atoms with E-state index in [1.54, 1.807) is 0 Å². The van der Waals surface area contributed by atoms with Crippen molar-refractivity contribution in [1.82, 2.24) is 20.4 Å². The number of nitrogens with one attached hydrogen (secondary N) is 2. The highest BCUT2D eigenvalue weighted by molar-refractivity contribution is 5.79. The fourth-order valence-corrected chi connectivity index (χ4v) is 4.07. The third kappa shape index (κ3) is 7.98. The molecule has 2 saturated heterocycles. The van der Waals surface area contributed by atoms with E-state index in [1.165, 1.54) is 5.56 Å². The van der Waals surface area contributed by atoms with E-state index in [4.69, 9.17) is 9.47 Å². The molecule has 0 spiro atoms. The van der Waals surface area contributed by atoms with Crippen molar-refractivity contribution in [3.8, 4) is 5.75 Å². The summed E-state index contributed by atoms with van der Waals surface area (Å²) in [4.78, 5) is 9.37. The largest absolute Gasteiger partial charge is 0.493 e. The Hall–Kier alpha value is -1.83. The van der Waals surface area contributed by atoms with Gasteiger partial charge in [-0.2, -0.15) is 0 Å². The van der Waals surface area contributed by atoms with E-state index in [0.717, 1.165) is 76.2 Å². The lowest BCUT2D eigenvalue weighted by molar-refractivity contribution is 0.139. The predicted octanol–water partition coefficient (Wildman–Crippen LogP) is 1.96. The molecule has 2 N–H and O–H groups in total. The molecule has 7 heteroatoms. The van der Waals surface area contributed by atoms with Crippen LogP contribution in [0.2, 0.25) is 0 Å². The molecule has 0 aromatic heterocycles. The summed E-state index contributed by atoms with van der Waals surface area (Å²) in [5, 5.41) is 6.94. The van der Waals surface area contributed by atoms with Crippen LogP contribution in [0.5, 0.6) is 5.75 Å². The molecule has 0 radical (unpaired) electrons. The van der Waals surface area contributed by atoms with Crippen LogP contribution in [0.4, 0.5) is 0 Å². The minimum Gasteiger partial charge on any atom is -0.493 e. The second-order valence-electron chi connectivity index (χ2n) is 9.17. The fourth-order valence-electron chi connectivity index (χ4n) is 4.07. The molecule has 1 aromatic carbocycles. The molecule has 31 heavy (non-hydrogen) atoms. The van der Waals surface area contributed by atoms with Gasteiger partial charge in [0.1, 0.15) is 5.75 Å². The van der Waals surface area contributed by atoms with Crippen molar-refractivity contribution >= 4 is 5.96 Å². The number of guanidine groups is 1. The number of hydrogen-bond donors (Lipinski definition) is 2. The van der Waals surface area contributed by atoms with E-state index in [2.05, 4.69) is 64.5 Å². The first kappa shape index (κ1) is 23.8. The lowest BCUT2D eigenvalue weighted by Crippen LogP contribution is -2.47. The number of aliphatic imine (C=N–C) groups is 1. The second-order valence-corrected chi connectivity index (χ2v) is 9.17. The number of rotatable bonds is 9. The molecule has 2 heterocycles. The van der Waals surface area contributed by atoms with Crippen LogP contribution in [-0.4, -0.2) is 88.9 Å². The summed E-state index contributed by atoms with van der Waals surface area (Å²) in [5.74, 6) is 2.85. The Labute approximate surface area is 188 Å². The van der Waals surface area contributed by atoms with Gasteiger partial charge < -0.3 is 29.9 Å². The van der Waals surface area contributed by atoms with Gasteiger partial charge in [0.15, 0.2) is 5.96 Å². The van der Waals surface area contributed by atoms with Crippen molar-refractivity contribution in [2.45, 2.75) is 26.8 Å². The molecule has 7 nitrogen and oxygen atoms in total. The van der Waals surface area contributed by atoms with Crippen molar-refractivity contribution < 1.29 is 9.47 Å². The van der Waals surface area contributed by atoms with Crippen molar-refractivity contribution in [2.75, 3.05) is 73.2 Å². The van der Waals surface area contributed by atoms with Crippen LogP contribution >= 0.6 is 0 Å². The average Bonchev–Trinajstić information content (AvgIpc) is 3.28. The molecule has 0 saturated carbocycles. The molecule has 2 atom stereocenters. The van der Waals surface area contributed by atoms with Crippen LogP contribution in [0.1, 0.15) is 24.5 Å². The van der Waals surface area contributed by atoms with Gasteiger partial charge in [-0.05, 0) is 37.9 Å². The minimum absolute atomic E-state index is 0.498. The molecular weight excluding hydrogens is 390 g/mol. The third-order valence-electron chi connectivity index (χ3n) is 6.17. The lowest BCUT2D eigenvalue weighted by atomic mass is 10.1. The molecule has 2 aliphatic heterocycles. The highest BCUT2D eigenvalue weighted by Gasteiger charge is 2.18. The first-order valence-corrected chi connectivity index (χ1v) is 11.7. The van der Waals surface area contributed by atoms with Gasteiger partial charge in [0.2, 0.25) is 0 Å². The monoisotopic (exact) mass is 431 g/mol. The number of piperazine rings is 1. The van der Waals surface area contributed by atoms with Gasteiger partial charge in [-0.25, -0.2) is 0 Å². The third-order valence-corrected chi connectivity index (χ3v) is 6.17. The van der Waals surface area contributed by atoms with Crippen molar-refractivity contribution in [2.24, 2.45) is 16.8 Å². The van der Waals surface area contributed by atoms with Crippen LogP contribution in [-0.2, 0) is 11.3 Å². The van der Waals surface area contributed by atoms with E-state index in [0.29, 0.717) is 25.0 Å². The number of hydrogen-bond acceptors (Lipinski definition) is 5. The highest BCUT2D eigenvalue weighted by Crippen LogP contribution is 2.22. The van der Waals surface area contributed by atoms with Crippen molar-refractivity contribution in [1.29, 1.82) is 0 Å². The highest BCUT2D eigenvalue weighted by atomic mass is 16.5. The molecule has 0 bridgehead atoms. The Kier molecular flexibility index (Phi) is 9.43. The van der Waals surface area contributed by atoms with Gasteiger partial charge in [0.25, 0.3) is 0 Å². The van der Waals surface area contributed by atoms with Gasteiger partial charge >= 0.3 is 0 Å². The Morgan fingerprint density at radius 2 is 2.06 bits per heavy atom. The summed E-state index contributed by atoms with van der Waals surface area (Å²) in [6.45, 7) is 14.2. The van der Waals surface area contributed by atoms with E-state index in [1.807, 2.05) is 7.05 Å². The maximum absolute atomic E-state index is 6.17. The van der Waals surface area contributed by atoms with Crippen LogP contribution < -0.4 is 15.4 Å².